The van der Waals surface area contributed by atoms with Crippen LogP contribution in [0.5, 0.6) is 5.75 Å². The topological polar surface area (TPSA) is 86.7 Å². The number of rotatable bonds is 3. The lowest BCUT2D eigenvalue weighted by atomic mass is 10.0. The van der Waals surface area contributed by atoms with Gasteiger partial charge in [-0.3, -0.25) is 0 Å². The summed E-state index contributed by atoms with van der Waals surface area (Å²) in [6, 6.07) is 2.22. The highest BCUT2D eigenvalue weighted by molar-refractivity contribution is 6.30. The number of aliphatic hydroxyl groups excluding tert-OH is 2. The largest absolute Gasteiger partial charge is 0.507 e. The third kappa shape index (κ3) is 2.16. The Morgan fingerprint density at radius 2 is 2.00 bits per heavy atom. The van der Waals surface area contributed by atoms with Gasteiger partial charge in [0.15, 0.2) is 0 Å². The van der Waals surface area contributed by atoms with E-state index in [1.54, 1.807) is 0 Å². The molecule has 5 heteroatoms. The zero-order valence-electron chi connectivity index (χ0n) is 7.44. The standard InChI is InChI=1S/C9H12ClNO3/c10-6-1-5(3-12)9(14)7(2-6)8(11)4-13/h1-2,8,12-14H,3-4,11H2/t8-/m1/s1. The molecule has 0 fully saturated rings. The van der Waals surface area contributed by atoms with E-state index in [1.807, 2.05) is 0 Å². The van der Waals surface area contributed by atoms with Crippen LogP contribution < -0.4 is 5.73 Å². The maximum absolute atomic E-state index is 9.61. The first-order chi connectivity index (χ1) is 6.60. The van der Waals surface area contributed by atoms with Crippen molar-refractivity contribution in [3.8, 4) is 5.75 Å². The summed E-state index contributed by atoms with van der Waals surface area (Å²) in [4.78, 5) is 0. The minimum absolute atomic E-state index is 0.113. The van der Waals surface area contributed by atoms with E-state index in [9.17, 15) is 5.11 Å². The number of phenols is 1. The summed E-state index contributed by atoms with van der Waals surface area (Å²) >= 11 is 5.74. The molecule has 0 aliphatic heterocycles. The van der Waals surface area contributed by atoms with E-state index < -0.39 is 6.04 Å². The normalized spacial score (nSPS) is 12.9. The third-order valence-corrected chi connectivity index (χ3v) is 2.17. The van der Waals surface area contributed by atoms with E-state index in [4.69, 9.17) is 27.5 Å². The molecule has 0 aliphatic carbocycles. The van der Waals surface area contributed by atoms with Crippen LogP contribution >= 0.6 is 11.6 Å². The van der Waals surface area contributed by atoms with Crippen LogP contribution in [0.4, 0.5) is 0 Å². The molecule has 1 aromatic carbocycles. The van der Waals surface area contributed by atoms with Crippen molar-refractivity contribution < 1.29 is 15.3 Å². The molecule has 0 aromatic heterocycles. The van der Waals surface area contributed by atoms with Crippen LogP contribution in [0.1, 0.15) is 17.2 Å². The summed E-state index contributed by atoms with van der Waals surface area (Å²) in [5.41, 5.74) is 6.18. The van der Waals surface area contributed by atoms with E-state index >= 15 is 0 Å². The zero-order chi connectivity index (χ0) is 10.7. The number of benzene rings is 1. The highest BCUT2D eigenvalue weighted by Gasteiger charge is 2.14. The second-order valence-corrected chi connectivity index (χ2v) is 3.39. The van der Waals surface area contributed by atoms with Gasteiger partial charge in [0.2, 0.25) is 0 Å². The molecule has 0 unspecified atom stereocenters. The van der Waals surface area contributed by atoms with Crippen LogP contribution in [0.25, 0.3) is 0 Å². The lowest BCUT2D eigenvalue weighted by molar-refractivity contribution is 0.260. The van der Waals surface area contributed by atoms with Crippen LogP contribution in [-0.4, -0.2) is 21.9 Å². The summed E-state index contributed by atoms with van der Waals surface area (Å²) in [7, 11) is 0. The van der Waals surface area contributed by atoms with Crippen molar-refractivity contribution in [3.05, 3.63) is 28.3 Å². The van der Waals surface area contributed by atoms with Crippen molar-refractivity contribution in [3.63, 3.8) is 0 Å². The van der Waals surface area contributed by atoms with Gasteiger partial charge in [-0.2, -0.15) is 0 Å². The van der Waals surface area contributed by atoms with Crippen molar-refractivity contribution in [2.75, 3.05) is 6.61 Å². The molecule has 0 spiro atoms. The van der Waals surface area contributed by atoms with Gasteiger partial charge in [-0.1, -0.05) is 11.6 Å². The van der Waals surface area contributed by atoms with Gasteiger partial charge in [0.05, 0.1) is 19.3 Å². The van der Waals surface area contributed by atoms with E-state index in [2.05, 4.69) is 0 Å². The Balaban J connectivity index is 3.21. The summed E-state index contributed by atoms with van der Waals surface area (Å²) in [6.45, 7) is -0.615. The predicted molar refractivity (Wildman–Crippen MR) is 53.1 cm³/mol. The highest BCUT2D eigenvalue weighted by Crippen LogP contribution is 2.30. The summed E-state index contributed by atoms with van der Waals surface area (Å²) < 4.78 is 0. The fourth-order valence-corrected chi connectivity index (χ4v) is 1.43. The quantitative estimate of drug-likeness (QED) is 0.595. The molecule has 5 N–H and O–H groups in total. The first-order valence-electron chi connectivity index (χ1n) is 4.08. The van der Waals surface area contributed by atoms with Crippen LogP contribution in [0.3, 0.4) is 0 Å². The molecular weight excluding hydrogens is 206 g/mol. The molecule has 0 bridgehead atoms. The van der Waals surface area contributed by atoms with Crippen LogP contribution in [0, 0.1) is 0 Å². The van der Waals surface area contributed by atoms with Crippen molar-refractivity contribution in [2.45, 2.75) is 12.6 Å². The van der Waals surface area contributed by atoms with Crippen molar-refractivity contribution in [1.29, 1.82) is 0 Å². The lowest BCUT2D eigenvalue weighted by Crippen LogP contribution is -2.15. The van der Waals surface area contributed by atoms with Gasteiger partial charge in [-0.15, -0.1) is 0 Å². The highest BCUT2D eigenvalue weighted by atomic mass is 35.5. The first-order valence-corrected chi connectivity index (χ1v) is 4.46. The van der Waals surface area contributed by atoms with Gasteiger partial charge in [0.25, 0.3) is 0 Å². The Morgan fingerprint density at radius 1 is 1.36 bits per heavy atom. The Hall–Kier alpha value is -0.810. The lowest BCUT2D eigenvalue weighted by Gasteiger charge is -2.13. The Bertz CT molecular complexity index is 330. The Kier molecular flexibility index (Phi) is 3.71. The fourth-order valence-electron chi connectivity index (χ4n) is 1.18. The average molecular weight is 218 g/mol. The SMILES string of the molecule is N[C@H](CO)c1cc(Cl)cc(CO)c1O. The molecule has 0 amide bonds. The molecule has 1 atom stereocenters. The summed E-state index contributed by atoms with van der Waals surface area (Å²) in [6.07, 6.45) is 0. The van der Waals surface area contributed by atoms with Crippen molar-refractivity contribution >= 4 is 11.6 Å². The molecule has 78 valence electrons. The maximum atomic E-state index is 9.61. The number of aliphatic hydroxyl groups is 2. The number of hydrogen-bond donors (Lipinski definition) is 4. The van der Waals surface area contributed by atoms with E-state index in [-0.39, 0.29) is 19.0 Å². The minimum atomic E-state index is -0.695. The Morgan fingerprint density at radius 3 is 2.50 bits per heavy atom. The predicted octanol–water partition coefficient (Wildman–Crippen LogP) is 0.530. The Labute approximate surface area is 86.6 Å². The first kappa shape index (κ1) is 11.3. The average Bonchev–Trinajstić information content (AvgIpc) is 2.19. The number of halogens is 1. The summed E-state index contributed by atoms with van der Waals surface area (Å²) in [5.74, 6) is -0.113. The van der Waals surface area contributed by atoms with Gasteiger partial charge < -0.3 is 21.1 Å². The molecule has 0 aliphatic rings. The van der Waals surface area contributed by atoms with E-state index in [0.29, 0.717) is 16.1 Å². The third-order valence-electron chi connectivity index (χ3n) is 1.95. The van der Waals surface area contributed by atoms with Crippen molar-refractivity contribution in [2.24, 2.45) is 5.73 Å². The molecule has 0 radical (unpaired) electrons. The number of aromatic hydroxyl groups is 1. The van der Waals surface area contributed by atoms with Gasteiger partial charge >= 0.3 is 0 Å². The smallest absolute Gasteiger partial charge is 0.126 e. The maximum Gasteiger partial charge on any atom is 0.126 e. The monoisotopic (exact) mass is 217 g/mol. The van der Waals surface area contributed by atoms with Crippen LogP contribution in [-0.2, 0) is 6.61 Å². The number of nitrogens with two attached hydrogens (primary N) is 1. The van der Waals surface area contributed by atoms with Crippen LogP contribution in [0.15, 0.2) is 12.1 Å². The molecule has 0 saturated heterocycles. The molecule has 1 aromatic rings. The fraction of sp³-hybridized carbons (Fsp3) is 0.333. The van der Waals surface area contributed by atoms with Gasteiger partial charge in [0.1, 0.15) is 5.75 Å². The van der Waals surface area contributed by atoms with E-state index in [0.717, 1.165) is 0 Å². The van der Waals surface area contributed by atoms with Crippen LogP contribution in [0.2, 0.25) is 5.02 Å². The zero-order valence-corrected chi connectivity index (χ0v) is 8.20. The molecule has 0 heterocycles. The second-order valence-electron chi connectivity index (χ2n) is 2.95. The van der Waals surface area contributed by atoms with E-state index in [1.165, 1.54) is 12.1 Å². The van der Waals surface area contributed by atoms with Gasteiger partial charge in [-0.05, 0) is 12.1 Å². The van der Waals surface area contributed by atoms with Crippen molar-refractivity contribution in [1.82, 2.24) is 0 Å². The molecule has 4 nitrogen and oxygen atoms in total. The molecule has 1 rings (SSSR count). The molecule has 0 saturated carbocycles. The summed E-state index contributed by atoms with van der Waals surface area (Å²) in [5, 5.41) is 27.7. The second kappa shape index (κ2) is 4.61. The molecule has 14 heavy (non-hydrogen) atoms. The van der Waals surface area contributed by atoms with Gasteiger partial charge in [-0.25, -0.2) is 0 Å². The van der Waals surface area contributed by atoms with Gasteiger partial charge in [0, 0.05) is 16.1 Å². The number of hydrogen-bond acceptors (Lipinski definition) is 4. The minimum Gasteiger partial charge on any atom is -0.507 e. The molecular formula is C9H12ClNO3.